The number of ether oxygens (including phenoxy) is 1. The molecule has 0 radical (unpaired) electrons. The molecule has 0 bridgehead atoms. The van der Waals surface area contributed by atoms with Crippen LogP contribution in [0.2, 0.25) is 0 Å². The van der Waals surface area contributed by atoms with Crippen molar-refractivity contribution in [3.05, 3.63) is 59.2 Å². The van der Waals surface area contributed by atoms with E-state index in [1.165, 1.54) is 11.0 Å². The molecule has 1 saturated heterocycles. The molecule has 0 unspecified atom stereocenters. The fraction of sp³-hybridized carbons (Fsp3) is 0.500. The maximum atomic E-state index is 13.4. The molecule has 174 valence electrons. The van der Waals surface area contributed by atoms with Gasteiger partial charge in [-0.2, -0.15) is 13.2 Å². The van der Waals surface area contributed by atoms with E-state index in [0.29, 0.717) is 25.3 Å². The van der Waals surface area contributed by atoms with E-state index in [4.69, 9.17) is 4.74 Å². The molecule has 1 N–H and O–H groups in total. The molecule has 4 nitrogen and oxygen atoms in total. The van der Waals surface area contributed by atoms with Gasteiger partial charge < -0.3 is 9.84 Å². The molecule has 2 aromatic rings. The molecular formula is C24H28F4N2O2. The van der Waals surface area contributed by atoms with Gasteiger partial charge in [0.05, 0.1) is 19.3 Å². The molecule has 0 saturated carbocycles. The molecule has 32 heavy (non-hydrogen) atoms. The molecule has 0 aromatic heterocycles. The predicted octanol–water partition coefficient (Wildman–Crippen LogP) is 4.57. The number of rotatable bonds is 7. The van der Waals surface area contributed by atoms with E-state index in [9.17, 15) is 22.7 Å². The second kappa shape index (κ2) is 9.27. The zero-order valence-corrected chi connectivity index (χ0v) is 18.0. The summed E-state index contributed by atoms with van der Waals surface area (Å²) in [7, 11) is 0. The first-order chi connectivity index (χ1) is 15.2. The number of hydrogen-bond donors (Lipinski definition) is 1. The van der Waals surface area contributed by atoms with Crippen molar-refractivity contribution in [1.82, 2.24) is 9.80 Å². The van der Waals surface area contributed by atoms with Gasteiger partial charge in [0.25, 0.3) is 0 Å². The summed E-state index contributed by atoms with van der Waals surface area (Å²) in [6, 6.07) is 11.1. The third-order valence-corrected chi connectivity index (χ3v) is 6.32. The predicted molar refractivity (Wildman–Crippen MR) is 114 cm³/mol. The van der Waals surface area contributed by atoms with Crippen LogP contribution in [0.15, 0.2) is 42.5 Å². The minimum atomic E-state index is -4.32. The van der Waals surface area contributed by atoms with Crippen LogP contribution in [0.25, 0.3) is 0 Å². The van der Waals surface area contributed by atoms with Gasteiger partial charge in [0.1, 0.15) is 18.1 Å². The number of hydrogen-bond acceptors (Lipinski definition) is 4. The number of fused-ring (bicyclic) bond motifs is 1. The summed E-state index contributed by atoms with van der Waals surface area (Å²) in [5.41, 5.74) is 2.38. The fourth-order valence-electron chi connectivity index (χ4n) is 4.73. The van der Waals surface area contributed by atoms with Crippen LogP contribution >= 0.6 is 0 Å². The average Bonchev–Trinajstić information content (AvgIpc) is 2.70. The Morgan fingerprint density at radius 2 is 1.81 bits per heavy atom. The number of phenolic OH excluding ortho intramolecular Hbond substituents is 1. The Kier molecular flexibility index (Phi) is 6.62. The van der Waals surface area contributed by atoms with Crippen molar-refractivity contribution in [2.24, 2.45) is 5.92 Å². The molecule has 2 aromatic carbocycles. The number of aromatic hydroxyl groups is 1. The minimum Gasteiger partial charge on any atom is -0.508 e. The maximum Gasteiger partial charge on any atom is 0.401 e. The summed E-state index contributed by atoms with van der Waals surface area (Å²) in [5.74, 6) is 0.896. The van der Waals surface area contributed by atoms with Crippen LogP contribution in [0.1, 0.15) is 29.7 Å². The number of likely N-dealkylation sites (tertiary alicyclic amines) is 1. The zero-order chi connectivity index (χ0) is 22.9. The zero-order valence-electron chi connectivity index (χ0n) is 18.0. The third-order valence-electron chi connectivity index (χ3n) is 6.32. The van der Waals surface area contributed by atoms with Crippen LogP contribution in [0, 0.1) is 5.92 Å². The normalized spacial score (nSPS) is 22.4. The molecule has 2 heterocycles. The van der Waals surface area contributed by atoms with Crippen LogP contribution in [0.4, 0.5) is 17.6 Å². The van der Waals surface area contributed by atoms with E-state index in [0.717, 1.165) is 29.8 Å². The second-order valence-electron chi connectivity index (χ2n) is 8.82. The van der Waals surface area contributed by atoms with Gasteiger partial charge in [0, 0.05) is 31.6 Å². The van der Waals surface area contributed by atoms with E-state index in [2.05, 4.69) is 4.90 Å². The van der Waals surface area contributed by atoms with Crippen LogP contribution in [-0.2, 0) is 6.42 Å². The summed E-state index contributed by atoms with van der Waals surface area (Å²) in [4.78, 5) is 3.60. The quantitative estimate of drug-likeness (QED) is 0.625. The molecule has 0 spiro atoms. The van der Waals surface area contributed by atoms with Gasteiger partial charge in [-0.15, -0.1) is 0 Å². The lowest BCUT2D eigenvalue weighted by Crippen LogP contribution is -2.49. The van der Waals surface area contributed by atoms with E-state index in [1.807, 2.05) is 0 Å². The summed E-state index contributed by atoms with van der Waals surface area (Å²) in [6.07, 6.45) is -3.88. The van der Waals surface area contributed by atoms with Crippen molar-refractivity contribution < 1.29 is 27.4 Å². The van der Waals surface area contributed by atoms with Crippen LogP contribution in [-0.4, -0.2) is 66.6 Å². The van der Waals surface area contributed by atoms with Crippen molar-refractivity contribution in [3.63, 3.8) is 0 Å². The smallest absolute Gasteiger partial charge is 0.401 e. The molecule has 0 aliphatic carbocycles. The Hall–Kier alpha value is -2.32. The first kappa shape index (κ1) is 22.9. The minimum absolute atomic E-state index is 0.114. The fourth-order valence-corrected chi connectivity index (χ4v) is 4.73. The summed E-state index contributed by atoms with van der Waals surface area (Å²) >= 11 is 0. The van der Waals surface area contributed by atoms with Crippen molar-refractivity contribution >= 4 is 0 Å². The molecule has 8 heteroatoms. The van der Waals surface area contributed by atoms with Gasteiger partial charge in [-0.05, 0) is 54.3 Å². The topological polar surface area (TPSA) is 35.9 Å². The van der Waals surface area contributed by atoms with Gasteiger partial charge in [-0.1, -0.05) is 18.2 Å². The lowest BCUT2D eigenvalue weighted by molar-refractivity contribution is -0.155. The Morgan fingerprint density at radius 3 is 2.47 bits per heavy atom. The number of alkyl halides is 4. The van der Waals surface area contributed by atoms with Crippen molar-refractivity contribution in [2.45, 2.75) is 31.6 Å². The van der Waals surface area contributed by atoms with Gasteiger partial charge in [0.15, 0.2) is 0 Å². The summed E-state index contributed by atoms with van der Waals surface area (Å²) < 4.78 is 58.4. The Labute approximate surface area is 185 Å². The Balaban J connectivity index is 1.50. The molecule has 0 amide bonds. The molecule has 2 aliphatic heterocycles. The highest BCUT2D eigenvalue weighted by molar-refractivity contribution is 5.44. The molecular weight excluding hydrogens is 424 g/mol. The molecule has 2 atom stereocenters. The van der Waals surface area contributed by atoms with Crippen molar-refractivity contribution in [3.8, 4) is 11.5 Å². The van der Waals surface area contributed by atoms with Crippen molar-refractivity contribution in [2.75, 3.05) is 39.5 Å². The monoisotopic (exact) mass is 452 g/mol. The van der Waals surface area contributed by atoms with Gasteiger partial charge in [-0.25, -0.2) is 0 Å². The SMILES string of the molecule is C[C@@H]1Cc2cc(O)ccc2[C@@H](c2ccc(OCCN3CC(CF)C3)cc2)N1CC(F)(F)F. The number of halogens is 4. The lowest BCUT2D eigenvalue weighted by atomic mass is 9.85. The molecule has 4 rings (SSSR count). The van der Waals surface area contributed by atoms with Crippen LogP contribution in [0.5, 0.6) is 11.5 Å². The first-order valence-corrected chi connectivity index (χ1v) is 10.9. The van der Waals surface area contributed by atoms with Crippen LogP contribution in [0.3, 0.4) is 0 Å². The Bertz CT molecular complexity index is 913. The Morgan fingerprint density at radius 1 is 1.09 bits per heavy atom. The summed E-state index contributed by atoms with van der Waals surface area (Å²) in [6.45, 7) is 3.19. The summed E-state index contributed by atoms with van der Waals surface area (Å²) in [5, 5.41) is 9.86. The third kappa shape index (κ3) is 5.18. The maximum absolute atomic E-state index is 13.4. The van der Waals surface area contributed by atoms with Gasteiger partial charge in [0.2, 0.25) is 0 Å². The molecule has 2 aliphatic rings. The van der Waals surface area contributed by atoms with Crippen LogP contribution < -0.4 is 4.74 Å². The largest absolute Gasteiger partial charge is 0.508 e. The second-order valence-corrected chi connectivity index (χ2v) is 8.82. The van der Waals surface area contributed by atoms with E-state index >= 15 is 0 Å². The molecule has 1 fully saturated rings. The van der Waals surface area contributed by atoms with E-state index < -0.39 is 18.8 Å². The van der Waals surface area contributed by atoms with E-state index in [1.54, 1.807) is 43.3 Å². The van der Waals surface area contributed by atoms with Gasteiger partial charge >= 0.3 is 6.18 Å². The highest BCUT2D eigenvalue weighted by Gasteiger charge is 2.40. The standard InChI is InChI=1S/C24H28F4N2O2/c1-16-10-19-11-20(31)4-7-22(19)23(30(16)15-24(26,27)28)18-2-5-21(6-3-18)32-9-8-29-13-17(12-25)14-29/h2-7,11,16-17,23,31H,8-10,12-15H2,1H3/t16-,23-/m1/s1. The number of phenols is 1. The average molecular weight is 452 g/mol. The number of benzene rings is 2. The lowest BCUT2D eigenvalue weighted by Gasteiger charge is -2.42. The number of nitrogens with zero attached hydrogens (tertiary/aromatic N) is 2. The first-order valence-electron chi connectivity index (χ1n) is 10.9. The van der Waals surface area contributed by atoms with Crippen molar-refractivity contribution in [1.29, 1.82) is 0 Å². The highest BCUT2D eigenvalue weighted by atomic mass is 19.4. The van der Waals surface area contributed by atoms with Gasteiger partial charge in [-0.3, -0.25) is 14.2 Å². The highest BCUT2D eigenvalue weighted by Crippen LogP contribution is 2.41. The van der Waals surface area contributed by atoms with E-state index in [-0.39, 0.29) is 24.4 Å².